The summed E-state index contributed by atoms with van der Waals surface area (Å²) in [6.45, 7) is 24.8. The van der Waals surface area contributed by atoms with Gasteiger partial charge in [-0.1, -0.05) is 130 Å². The van der Waals surface area contributed by atoms with E-state index in [0.717, 1.165) is 28.7 Å². The maximum atomic E-state index is 12.6. The van der Waals surface area contributed by atoms with Crippen LogP contribution in [0.15, 0.2) is 255 Å². The Morgan fingerprint density at radius 3 is 0.938 bits per heavy atom. The number of rotatable bonds is 24. The molecule has 0 aliphatic carbocycles. The maximum absolute atomic E-state index is 12.6. The van der Waals surface area contributed by atoms with Gasteiger partial charge >= 0.3 is 224 Å². The van der Waals surface area contributed by atoms with E-state index in [2.05, 4.69) is 219 Å². The van der Waals surface area contributed by atoms with Crippen LogP contribution in [0.5, 0.6) is 82.3 Å². The van der Waals surface area contributed by atoms with E-state index in [1.54, 1.807) is 218 Å². The Morgan fingerprint density at radius 2 is 0.614 bits per heavy atom. The van der Waals surface area contributed by atoms with Crippen molar-refractivity contribution in [2.45, 2.75) is 105 Å². The van der Waals surface area contributed by atoms with Crippen molar-refractivity contribution in [3.8, 4) is 82.3 Å². The minimum Gasteiger partial charge on any atom is -0.481 e. The first-order valence-corrected chi connectivity index (χ1v) is 42.9. The quantitative estimate of drug-likeness (QED) is 0.0330. The van der Waals surface area contributed by atoms with Crippen molar-refractivity contribution in [2.24, 2.45) is 0 Å². The van der Waals surface area contributed by atoms with Gasteiger partial charge in [-0.2, -0.15) is 137 Å². The SMILES string of the molecule is CC(C)(C)c1c[c-]no1.CC(C)(C)c1c[c-]no1.CC(C)(C)c1c[c-]no1.CC(C)(C)c1c[c-]no1.COc1cc(OC)nc(N(C)c2cccc(C(=O)Nc3cc[c-]cc3)c2)n1.COc1cc(OC)nc(Oc2cccc(C(=O)Nc3cc[c-]cc3)c2)n1.COc1cc(OC)nc(Oc2ccccc2C(=O)Nc2cc[c-]cc2)n1.COc1cc(OC)nc(Oc2cccnc2C(=O)Nc2cc[c-]cc2)n1.[K+].[K+].[K+].[K+]. The van der Waals surface area contributed by atoms with E-state index < -0.39 is 5.91 Å². The fraction of sp³-hybridized carbons (Fsp3) is 0.240. The number of para-hydroxylation sites is 1. The van der Waals surface area contributed by atoms with Crippen LogP contribution in [0.3, 0.4) is 0 Å². The summed E-state index contributed by atoms with van der Waals surface area (Å²) in [6.07, 6.45) is 12.0. The van der Waals surface area contributed by atoms with Gasteiger partial charge in [0.15, 0.2) is 11.4 Å². The number of pyridine rings is 1. The molecule has 7 aromatic carbocycles. The summed E-state index contributed by atoms with van der Waals surface area (Å²) in [5.74, 6) is 6.10. The van der Waals surface area contributed by atoms with Crippen LogP contribution in [-0.4, -0.2) is 153 Å². The molecule has 0 fully saturated rings. The third kappa shape index (κ3) is 42.7. The molecule has 0 aliphatic rings. The number of carbonyl (C=O) groups is 4. The fourth-order valence-corrected chi connectivity index (χ4v) is 10.9. The summed E-state index contributed by atoms with van der Waals surface area (Å²) < 4.78 is 77.5. The van der Waals surface area contributed by atoms with Crippen LogP contribution in [0.25, 0.3) is 0 Å². The molecule has 4 N–H and O–H groups in total. The first kappa shape index (κ1) is 124. The molecule has 16 rings (SSSR count). The van der Waals surface area contributed by atoms with Crippen molar-refractivity contribution in [3.05, 3.63) is 331 Å². The second-order valence-electron chi connectivity index (χ2n) is 33.0. The molecule has 16 aromatic rings. The van der Waals surface area contributed by atoms with Crippen molar-refractivity contribution >= 4 is 58.0 Å². The Morgan fingerprint density at radius 1 is 0.317 bits per heavy atom. The van der Waals surface area contributed by atoms with Gasteiger partial charge in [0.2, 0.25) is 53.0 Å². The Labute approximate surface area is 1010 Å². The number of ether oxygens (including phenoxy) is 11. The Balaban J connectivity index is 0.000000302. The van der Waals surface area contributed by atoms with Crippen LogP contribution >= 0.6 is 0 Å². The topological polar surface area (TPSA) is 441 Å². The second kappa shape index (κ2) is 63.4. The summed E-state index contributed by atoms with van der Waals surface area (Å²) in [6, 6.07) is 76.5. The van der Waals surface area contributed by atoms with Crippen LogP contribution in [0.4, 0.5) is 34.4 Å². The molecule has 0 atom stereocenters. The average Bonchev–Trinajstić information content (AvgIpc) is 1.47. The first-order chi connectivity index (χ1) is 67.6. The standard InChI is InChI=1S/C20H19N4O3.2C19H16N3O4.C18H15N4O4.4C7H10NO.4K/c1-24(20-22-17(26-2)13-18(23-20)27-3)16-11-7-8-14(12-16)19(25)21-15-9-5-4-6-10-15;1-24-16-12-17(25-2)22-19(21-16)26-15-10-6-7-13(11-15)18(23)20-14-8-4-3-5-9-14;1-24-16-12-17(25-2)22-19(21-16)26-15-11-7-6-10-14(15)18(23)20-13-8-4-3-5-9-13;1-24-14-11-15(25-2)22-18(21-14)26-13-9-6-10-19-16(13)17(23)20-12-7-4-3-5-8-12;4*1-7(2,3)6-4-5-8-9-6;;;;/h5-13H,1-3H3,(H,21,25);2*4-12H,1-2H3,(H,20,23);4-11H,1-2H3,(H,20,23);4*4H,1-3H3;;;;/q8*-1;4*+1. The average molecular weight is 2070 g/mol. The number of anilines is 6. The molecular weight excluding hydrogens is 1960 g/mol. The third-order valence-corrected chi connectivity index (χ3v) is 18.4. The molecule has 9 heterocycles. The van der Waals surface area contributed by atoms with Crippen LogP contribution in [-0.2, 0) is 21.7 Å². The number of methoxy groups -OCH3 is 8. The molecule has 0 spiro atoms. The van der Waals surface area contributed by atoms with Gasteiger partial charge in [0, 0.05) is 30.1 Å². The molecule has 37 nitrogen and oxygen atoms in total. The third-order valence-electron chi connectivity index (χ3n) is 18.4. The number of amides is 4. The van der Waals surface area contributed by atoms with Crippen molar-refractivity contribution in [1.82, 2.24) is 65.5 Å². The van der Waals surface area contributed by atoms with Gasteiger partial charge in [-0.15, -0.1) is 73.3 Å². The largest absolute Gasteiger partial charge is 1.00 e. The Kier molecular flexibility index (Phi) is 54.4. The molecule has 0 radical (unpaired) electrons. The zero-order chi connectivity index (χ0) is 102. The number of hydrogen-bond donors (Lipinski definition) is 4. The van der Waals surface area contributed by atoms with E-state index in [4.69, 9.17) is 70.2 Å². The van der Waals surface area contributed by atoms with E-state index in [-0.39, 0.29) is 298 Å². The van der Waals surface area contributed by atoms with E-state index >= 15 is 0 Å². The zero-order valence-corrected chi connectivity index (χ0v) is 98.0. The second-order valence-corrected chi connectivity index (χ2v) is 33.0. The molecule has 0 saturated heterocycles. The summed E-state index contributed by atoms with van der Waals surface area (Å²) in [5, 5.41) is 25.1. The normalized spacial score (nSPS) is 10.3. The molecule has 0 unspecified atom stereocenters. The van der Waals surface area contributed by atoms with Gasteiger partial charge in [0.1, 0.15) is 11.5 Å². The molecule has 734 valence electrons. The number of nitrogens with one attached hydrogen (secondary N) is 4. The maximum Gasteiger partial charge on any atom is 1.00 e. The van der Waals surface area contributed by atoms with Crippen molar-refractivity contribution < 1.29 is 295 Å². The molecule has 4 amide bonds. The van der Waals surface area contributed by atoms with E-state index in [1.807, 2.05) is 6.07 Å². The van der Waals surface area contributed by atoms with Gasteiger partial charge in [-0.05, 0) is 105 Å². The van der Waals surface area contributed by atoms with Crippen LogP contribution in [0.2, 0.25) is 0 Å². The summed E-state index contributed by atoms with van der Waals surface area (Å²) in [4.78, 5) is 89.1. The van der Waals surface area contributed by atoms with E-state index in [0.29, 0.717) is 80.4 Å². The number of hydrogen-bond acceptors (Lipinski definition) is 33. The molecule has 145 heavy (non-hydrogen) atoms. The van der Waals surface area contributed by atoms with Crippen molar-refractivity contribution in [3.63, 3.8) is 0 Å². The smallest absolute Gasteiger partial charge is 0.481 e. The Hall–Kier alpha value is -11.1. The van der Waals surface area contributed by atoms with Gasteiger partial charge in [0.05, 0.1) is 86.7 Å². The molecular formula is C104H106K4N18O19-4. The zero-order valence-electron chi connectivity index (χ0n) is 85.5. The van der Waals surface area contributed by atoms with E-state index in [1.165, 1.54) is 81.3 Å². The monoisotopic (exact) mass is 2070 g/mol. The minimum atomic E-state index is -0.429. The summed E-state index contributed by atoms with van der Waals surface area (Å²) >= 11 is 0. The Bertz CT molecular complexity index is 6100. The van der Waals surface area contributed by atoms with Crippen LogP contribution in [0.1, 0.15) is 148 Å². The summed E-state index contributed by atoms with van der Waals surface area (Å²) in [7, 11) is 13.7. The van der Waals surface area contributed by atoms with Gasteiger partial charge < -0.3 is 96.4 Å². The van der Waals surface area contributed by atoms with Gasteiger partial charge in [-0.25, -0.2) is 25.6 Å². The fourth-order valence-electron chi connectivity index (χ4n) is 10.9. The molecule has 41 heteroatoms. The molecule has 0 aliphatic heterocycles. The molecule has 0 bridgehead atoms. The number of aromatic nitrogens is 13. The van der Waals surface area contributed by atoms with Crippen molar-refractivity contribution in [1.29, 1.82) is 0 Å². The van der Waals surface area contributed by atoms with Crippen LogP contribution in [0, 0.1) is 49.1 Å². The van der Waals surface area contributed by atoms with Crippen LogP contribution < -0.4 is 284 Å². The number of benzene rings is 7. The molecule has 0 saturated carbocycles. The van der Waals surface area contributed by atoms with E-state index in [9.17, 15) is 19.2 Å². The van der Waals surface area contributed by atoms with Gasteiger partial charge in [-0.3, -0.25) is 19.2 Å². The number of nitrogens with zero attached hydrogens (tertiary/aromatic N) is 14. The predicted molar refractivity (Wildman–Crippen MR) is 521 cm³/mol. The summed E-state index contributed by atoms with van der Waals surface area (Å²) in [5.41, 5.74) is 5.04. The first-order valence-electron chi connectivity index (χ1n) is 42.9. The molecule has 9 aromatic heterocycles. The minimum absolute atomic E-state index is 0. The van der Waals surface area contributed by atoms with Gasteiger partial charge in [0.25, 0.3) is 23.6 Å². The predicted octanol–water partition coefficient (Wildman–Crippen LogP) is 7.83. The van der Waals surface area contributed by atoms with Crippen molar-refractivity contribution in [2.75, 3.05) is 90.1 Å². The number of carbonyl (C=O) groups excluding carboxylic acids is 4.